The van der Waals surface area contributed by atoms with Gasteiger partial charge in [-0.05, 0) is 105 Å². The summed E-state index contributed by atoms with van der Waals surface area (Å²) in [6, 6.07) is 10.7. The quantitative estimate of drug-likeness (QED) is 0.244. The van der Waals surface area contributed by atoms with E-state index in [1.165, 1.54) is 5.56 Å². The van der Waals surface area contributed by atoms with Crippen molar-refractivity contribution < 1.29 is 14.3 Å². The summed E-state index contributed by atoms with van der Waals surface area (Å²) in [5.41, 5.74) is 2.41. The van der Waals surface area contributed by atoms with Crippen LogP contribution in [0.2, 0.25) is 0 Å². The van der Waals surface area contributed by atoms with Gasteiger partial charge in [-0.2, -0.15) is 5.26 Å². The van der Waals surface area contributed by atoms with Crippen molar-refractivity contribution in [1.29, 1.82) is 5.26 Å². The number of hydrogen-bond acceptors (Lipinski definition) is 7. The van der Waals surface area contributed by atoms with E-state index in [-0.39, 0.29) is 11.9 Å². The smallest absolute Gasteiger partial charge is 0.315 e. The van der Waals surface area contributed by atoms with Gasteiger partial charge in [-0.3, -0.25) is 14.6 Å². The van der Waals surface area contributed by atoms with Crippen molar-refractivity contribution in [3.8, 4) is 6.07 Å². The average Bonchev–Trinajstić information content (AvgIpc) is 2.81. The molecule has 0 radical (unpaired) electrons. The predicted octanol–water partition coefficient (Wildman–Crippen LogP) is 5.16. The highest BCUT2D eigenvalue weighted by Gasteiger charge is 2.54. The summed E-state index contributed by atoms with van der Waals surface area (Å²) in [5, 5.41) is 9.52. The molecular formula is C30H48N4O3. The van der Waals surface area contributed by atoms with Crippen molar-refractivity contribution in [3.05, 3.63) is 41.6 Å². The Morgan fingerprint density at radius 1 is 1.03 bits per heavy atom. The molecule has 1 fully saturated rings. The maximum atomic E-state index is 13.6. The zero-order valence-corrected chi connectivity index (χ0v) is 24.7. The van der Waals surface area contributed by atoms with Gasteiger partial charge in [0.25, 0.3) is 0 Å². The lowest BCUT2D eigenvalue weighted by Gasteiger charge is -2.53. The highest BCUT2D eigenvalue weighted by atomic mass is 16.6. The largest absolute Gasteiger partial charge is 0.466 e. The minimum atomic E-state index is -0.934. The van der Waals surface area contributed by atoms with Gasteiger partial charge in [0.2, 0.25) is 0 Å². The van der Waals surface area contributed by atoms with Crippen LogP contribution in [0.1, 0.15) is 70.4 Å². The number of hydrogen-bond donors (Lipinski definition) is 0. The Morgan fingerprint density at radius 3 is 1.97 bits per heavy atom. The number of carbonyl (C=O) groups excluding carboxylic acids is 1. The van der Waals surface area contributed by atoms with Crippen molar-refractivity contribution in [2.45, 2.75) is 70.7 Å². The number of ether oxygens (including phenoxy) is 2. The highest BCUT2D eigenvalue weighted by molar-refractivity contribution is 5.76. The van der Waals surface area contributed by atoms with Crippen molar-refractivity contribution in [2.75, 3.05) is 48.9 Å². The van der Waals surface area contributed by atoms with Gasteiger partial charge >= 0.3 is 5.97 Å². The summed E-state index contributed by atoms with van der Waals surface area (Å²) in [6.45, 7) is 8.30. The number of esters is 1. The molecule has 0 aromatic heterocycles. The van der Waals surface area contributed by atoms with Crippen LogP contribution in [-0.4, -0.2) is 81.0 Å². The summed E-state index contributed by atoms with van der Waals surface area (Å²) in [4.78, 5) is 19.5. The normalized spacial score (nSPS) is 20.0. The molecule has 0 spiro atoms. The lowest BCUT2D eigenvalue weighted by Crippen LogP contribution is -2.67. The van der Waals surface area contributed by atoms with Gasteiger partial charge in [-0.15, -0.1) is 0 Å². The van der Waals surface area contributed by atoms with E-state index in [0.29, 0.717) is 18.1 Å². The first-order chi connectivity index (χ1) is 17.3. The SMILES string of the molecule is CCOC(=O)C(C1CCC(c2ccc(/C(C#N)=C/N(C)C)cc2)CC1)C(OC(C)(C)C)(N(C)C)N(C)C. The molecule has 7 heteroatoms. The number of allylic oxidation sites excluding steroid dienone is 1. The van der Waals surface area contributed by atoms with Crippen LogP contribution in [0.25, 0.3) is 5.57 Å². The second kappa shape index (κ2) is 12.9. The maximum Gasteiger partial charge on any atom is 0.315 e. The van der Waals surface area contributed by atoms with Gasteiger partial charge in [0, 0.05) is 20.3 Å². The molecule has 37 heavy (non-hydrogen) atoms. The second-order valence-electron chi connectivity index (χ2n) is 11.7. The predicted molar refractivity (Wildman–Crippen MR) is 149 cm³/mol. The summed E-state index contributed by atoms with van der Waals surface area (Å²) in [5.74, 6) is -1.02. The first kappa shape index (κ1) is 30.8. The Morgan fingerprint density at radius 2 is 1.57 bits per heavy atom. The number of benzene rings is 1. The molecule has 7 nitrogen and oxygen atoms in total. The monoisotopic (exact) mass is 512 g/mol. The molecule has 1 unspecified atom stereocenters. The standard InChI is InChI=1S/C30H48N4O3/c1-11-36-28(35)27(30(33(7)8,34(9)10)37-29(2,3)4)25-18-16-23(17-19-25)22-12-14-24(15-13-22)26(20-31)21-32(5)6/h12-15,21,23,25,27H,11,16-19H2,1-10H3/b26-21+. The van der Waals surface area contributed by atoms with Crippen LogP contribution >= 0.6 is 0 Å². The fourth-order valence-electron chi connectivity index (χ4n) is 5.68. The minimum Gasteiger partial charge on any atom is -0.466 e. The fourth-order valence-corrected chi connectivity index (χ4v) is 5.68. The van der Waals surface area contributed by atoms with E-state index in [1.807, 2.05) is 103 Å². The Labute approximate surface area is 225 Å². The molecule has 1 atom stereocenters. The molecule has 0 saturated heterocycles. The molecule has 0 heterocycles. The summed E-state index contributed by atoms with van der Waals surface area (Å²) >= 11 is 0. The molecule has 0 aliphatic heterocycles. The fraction of sp³-hybridized carbons (Fsp3) is 0.667. The summed E-state index contributed by atoms with van der Waals surface area (Å²) < 4.78 is 12.4. The number of rotatable bonds is 10. The van der Waals surface area contributed by atoms with Crippen LogP contribution in [-0.2, 0) is 14.3 Å². The molecule has 1 aromatic carbocycles. The minimum absolute atomic E-state index is 0.134. The van der Waals surface area contributed by atoms with Gasteiger partial charge in [0.1, 0.15) is 12.0 Å². The number of carbonyl (C=O) groups is 1. The van der Waals surface area contributed by atoms with Crippen molar-refractivity contribution in [2.24, 2.45) is 11.8 Å². The van der Waals surface area contributed by atoms with Gasteiger partial charge in [-0.1, -0.05) is 24.3 Å². The van der Waals surface area contributed by atoms with E-state index in [4.69, 9.17) is 9.47 Å². The summed E-state index contributed by atoms with van der Waals surface area (Å²) in [6.07, 6.45) is 5.65. The van der Waals surface area contributed by atoms with Crippen molar-refractivity contribution >= 4 is 11.5 Å². The molecule has 1 aliphatic carbocycles. The van der Waals surface area contributed by atoms with Crippen LogP contribution in [0.3, 0.4) is 0 Å². The lowest BCUT2D eigenvalue weighted by molar-refractivity contribution is -0.300. The van der Waals surface area contributed by atoms with E-state index in [0.717, 1.165) is 31.2 Å². The van der Waals surface area contributed by atoms with E-state index >= 15 is 0 Å². The van der Waals surface area contributed by atoms with Crippen LogP contribution in [0.5, 0.6) is 0 Å². The van der Waals surface area contributed by atoms with Crippen LogP contribution in [0.4, 0.5) is 0 Å². The van der Waals surface area contributed by atoms with Crippen LogP contribution in [0.15, 0.2) is 30.5 Å². The molecular weight excluding hydrogens is 464 g/mol. The van der Waals surface area contributed by atoms with E-state index in [1.54, 1.807) is 0 Å². The molecule has 0 amide bonds. The zero-order valence-electron chi connectivity index (χ0n) is 24.7. The first-order valence-corrected chi connectivity index (χ1v) is 13.4. The molecule has 206 valence electrons. The molecule has 1 saturated carbocycles. The topological polar surface area (TPSA) is 69.0 Å². The Hall–Kier alpha value is -2.40. The number of nitriles is 1. The van der Waals surface area contributed by atoms with Gasteiger partial charge in [0.15, 0.2) is 5.85 Å². The van der Waals surface area contributed by atoms with Gasteiger partial charge in [-0.25, -0.2) is 0 Å². The third-order valence-electron chi connectivity index (χ3n) is 7.13. The van der Waals surface area contributed by atoms with Gasteiger partial charge < -0.3 is 14.4 Å². The van der Waals surface area contributed by atoms with Crippen molar-refractivity contribution in [3.63, 3.8) is 0 Å². The second-order valence-corrected chi connectivity index (χ2v) is 11.7. The van der Waals surface area contributed by atoms with E-state index < -0.39 is 17.4 Å². The van der Waals surface area contributed by atoms with E-state index in [2.05, 4.69) is 18.2 Å². The van der Waals surface area contributed by atoms with Gasteiger partial charge in [0.05, 0.1) is 17.8 Å². The Bertz CT molecular complexity index is 939. The maximum absolute atomic E-state index is 13.6. The third-order valence-corrected chi connectivity index (χ3v) is 7.13. The molecule has 0 N–H and O–H groups in total. The van der Waals surface area contributed by atoms with Crippen LogP contribution < -0.4 is 0 Å². The van der Waals surface area contributed by atoms with Crippen LogP contribution in [0, 0.1) is 23.2 Å². The molecule has 2 rings (SSSR count). The third kappa shape index (κ3) is 7.56. The Balaban J connectivity index is 2.32. The molecule has 1 aliphatic rings. The zero-order chi connectivity index (χ0) is 28.0. The van der Waals surface area contributed by atoms with E-state index in [9.17, 15) is 10.1 Å². The lowest BCUT2D eigenvalue weighted by atomic mass is 9.71. The molecule has 1 aromatic rings. The first-order valence-electron chi connectivity index (χ1n) is 13.4. The average molecular weight is 513 g/mol. The highest BCUT2D eigenvalue weighted by Crippen LogP contribution is 2.45. The summed E-state index contributed by atoms with van der Waals surface area (Å²) in [7, 11) is 11.7. The molecule has 0 bridgehead atoms. The Kier molecular flexibility index (Phi) is 10.8. The van der Waals surface area contributed by atoms with Crippen molar-refractivity contribution in [1.82, 2.24) is 14.7 Å². The number of nitrogens with zero attached hydrogens (tertiary/aromatic N) is 4.